The highest BCUT2D eigenvalue weighted by Gasteiger charge is 2.15. The number of nitrogens with one attached hydrogen (secondary N) is 1. The van der Waals surface area contributed by atoms with Crippen LogP contribution in [0.15, 0.2) is 65.1 Å². The molecule has 0 saturated carbocycles. The molecule has 0 fully saturated rings. The zero-order valence-electron chi connectivity index (χ0n) is 15.9. The Hall–Kier alpha value is -2.33. The van der Waals surface area contributed by atoms with Gasteiger partial charge in [0.1, 0.15) is 5.75 Å². The molecule has 27 heavy (non-hydrogen) atoms. The van der Waals surface area contributed by atoms with E-state index in [-0.39, 0.29) is 17.9 Å². The first kappa shape index (κ1) is 19.4. The molecule has 0 atom stereocenters. The second kappa shape index (κ2) is 8.13. The lowest BCUT2D eigenvalue weighted by molar-refractivity contribution is -0.123. The number of fused-ring (bicyclic) bond motifs is 1. The van der Waals surface area contributed by atoms with E-state index < -0.39 is 0 Å². The van der Waals surface area contributed by atoms with Gasteiger partial charge in [-0.05, 0) is 55.4 Å². The van der Waals surface area contributed by atoms with Crippen molar-refractivity contribution in [3.63, 3.8) is 0 Å². The van der Waals surface area contributed by atoms with Crippen LogP contribution in [-0.2, 0) is 16.8 Å². The van der Waals surface area contributed by atoms with Crippen LogP contribution in [0.4, 0.5) is 0 Å². The van der Waals surface area contributed by atoms with Crippen molar-refractivity contribution in [2.75, 3.05) is 6.61 Å². The maximum atomic E-state index is 12.2. The van der Waals surface area contributed by atoms with Crippen molar-refractivity contribution >= 4 is 32.6 Å². The van der Waals surface area contributed by atoms with Crippen LogP contribution in [-0.4, -0.2) is 12.5 Å². The van der Waals surface area contributed by atoms with E-state index in [1.807, 2.05) is 42.5 Å². The number of amides is 1. The largest absolute Gasteiger partial charge is 0.483 e. The van der Waals surface area contributed by atoms with Gasteiger partial charge in [-0.1, -0.05) is 69.3 Å². The van der Waals surface area contributed by atoms with Crippen LogP contribution in [0.25, 0.3) is 10.8 Å². The van der Waals surface area contributed by atoms with Crippen molar-refractivity contribution < 1.29 is 9.53 Å². The van der Waals surface area contributed by atoms with Gasteiger partial charge in [0.2, 0.25) is 0 Å². The Bertz CT molecular complexity index is 955. The Kier molecular flexibility index (Phi) is 5.85. The molecule has 0 saturated heterocycles. The van der Waals surface area contributed by atoms with E-state index in [1.165, 1.54) is 10.9 Å². The molecule has 0 aliphatic heterocycles. The van der Waals surface area contributed by atoms with Gasteiger partial charge in [-0.25, -0.2) is 0 Å². The fourth-order valence-electron chi connectivity index (χ4n) is 2.92. The number of ether oxygens (including phenoxy) is 1. The second-order valence-electron chi connectivity index (χ2n) is 7.60. The van der Waals surface area contributed by atoms with Crippen molar-refractivity contribution in [3.05, 3.63) is 76.3 Å². The normalized spacial score (nSPS) is 11.4. The van der Waals surface area contributed by atoms with Gasteiger partial charge in [0.25, 0.3) is 5.91 Å². The number of hydrogen-bond acceptors (Lipinski definition) is 2. The summed E-state index contributed by atoms with van der Waals surface area (Å²) in [5, 5.41) is 5.26. The van der Waals surface area contributed by atoms with Gasteiger partial charge >= 0.3 is 0 Å². The summed E-state index contributed by atoms with van der Waals surface area (Å²) in [7, 11) is 0. The molecule has 0 aliphatic carbocycles. The van der Waals surface area contributed by atoms with Crippen molar-refractivity contribution in [2.24, 2.45) is 0 Å². The molecule has 3 aromatic rings. The summed E-state index contributed by atoms with van der Waals surface area (Å²) in [6, 6.07) is 20.3. The minimum absolute atomic E-state index is 0.0156. The molecule has 0 spiro atoms. The topological polar surface area (TPSA) is 38.3 Å². The molecular weight excluding hydrogens is 402 g/mol. The van der Waals surface area contributed by atoms with Gasteiger partial charge in [0.15, 0.2) is 6.61 Å². The molecule has 3 nitrogen and oxygen atoms in total. The third-order valence-electron chi connectivity index (χ3n) is 4.51. The molecule has 0 aliphatic rings. The average molecular weight is 426 g/mol. The summed E-state index contributed by atoms with van der Waals surface area (Å²) in [6.45, 7) is 6.95. The van der Waals surface area contributed by atoms with Gasteiger partial charge in [-0.3, -0.25) is 4.79 Å². The Morgan fingerprint density at radius 2 is 1.78 bits per heavy atom. The third-order valence-corrected chi connectivity index (χ3v) is 5.13. The quantitative estimate of drug-likeness (QED) is 0.577. The highest BCUT2D eigenvalue weighted by atomic mass is 79.9. The van der Waals surface area contributed by atoms with Gasteiger partial charge in [-0.2, -0.15) is 0 Å². The Morgan fingerprint density at radius 3 is 2.52 bits per heavy atom. The second-order valence-corrected chi connectivity index (χ2v) is 8.45. The van der Waals surface area contributed by atoms with E-state index in [9.17, 15) is 4.79 Å². The summed E-state index contributed by atoms with van der Waals surface area (Å²) >= 11 is 3.54. The first-order valence-electron chi connectivity index (χ1n) is 9.01. The summed E-state index contributed by atoms with van der Waals surface area (Å²) in [4.78, 5) is 12.2. The molecule has 1 N–H and O–H groups in total. The smallest absolute Gasteiger partial charge is 0.258 e. The van der Waals surface area contributed by atoms with Crippen molar-refractivity contribution in [1.82, 2.24) is 5.32 Å². The average Bonchev–Trinajstić information content (AvgIpc) is 2.64. The van der Waals surface area contributed by atoms with Crippen LogP contribution in [0.5, 0.6) is 5.75 Å². The molecular formula is C23H24BrNO2. The monoisotopic (exact) mass is 425 g/mol. The molecule has 3 rings (SSSR count). The maximum absolute atomic E-state index is 12.2. The van der Waals surface area contributed by atoms with E-state index in [0.717, 1.165) is 15.4 Å². The van der Waals surface area contributed by atoms with Crippen LogP contribution in [0.2, 0.25) is 0 Å². The zero-order valence-corrected chi connectivity index (χ0v) is 17.5. The summed E-state index contributed by atoms with van der Waals surface area (Å²) in [6.07, 6.45) is 0. The fourth-order valence-corrected chi connectivity index (χ4v) is 3.41. The maximum Gasteiger partial charge on any atom is 0.258 e. The van der Waals surface area contributed by atoms with Gasteiger partial charge in [0.05, 0.1) is 4.47 Å². The number of benzene rings is 3. The molecule has 0 bridgehead atoms. The number of rotatable bonds is 5. The van der Waals surface area contributed by atoms with Gasteiger partial charge in [0, 0.05) is 6.54 Å². The van der Waals surface area contributed by atoms with Crippen LogP contribution < -0.4 is 10.1 Å². The standard InChI is InChI=1S/C23H24BrNO2/c1-23(2,3)18-11-12-21(20(24)13-18)27-15-22(26)25-14-17-9-6-8-16-7-4-5-10-19(16)17/h4-13H,14-15H2,1-3H3,(H,25,26). The number of carbonyl (C=O) groups excluding carboxylic acids is 1. The predicted octanol–water partition coefficient (Wildman–Crippen LogP) is 5.60. The van der Waals surface area contributed by atoms with Crippen molar-refractivity contribution in [1.29, 1.82) is 0 Å². The molecule has 0 aromatic heterocycles. The zero-order chi connectivity index (χ0) is 19.4. The minimum atomic E-state index is -0.144. The van der Waals surface area contributed by atoms with Crippen LogP contribution in [0.3, 0.4) is 0 Å². The van der Waals surface area contributed by atoms with E-state index >= 15 is 0 Å². The number of carbonyl (C=O) groups is 1. The number of hydrogen-bond donors (Lipinski definition) is 1. The minimum Gasteiger partial charge on any atom is -0.483 e. The van der Waals surface area contributed by atoms with Gasteiger partial charge in [-0.15, -0.1) is 0 Å². The predicted molar refractivity (Wildman–Crippen MR) is 114 cm³/mol. The summed E-state index contributed by atoms with van der Waals surface area (Å²) in [5.74, 6) is 0.526. The van der Waals surface area contributed by atoms with E-state index in [0.29, 0.717) is 12.3 Å². The molecule has 0 radical (unpaired) electrons. The van der Waals surface area contributed by atoms with Crippen LogP contribution in [0, 0.1) is 0 Å². The highest BCUT2D eigenvalue weighted by molar-refractivity contribution is 9.10. The number of halogens is 1. The highest BCUT2D eigenvalue weighted by Crippen LogP contribution is 2.31. The summed E-state index contributed by atoms with van der Waals surface area (Å²) in [5.41, 5.74) is 2.37. The molecule has 140 valence electrons. The van der Waals surface area contributed by atoms with Crippen LogP contribution in [0.1, 0.15) is 31.9 Å². The van der Waals surface area contributed by atoms with E-state index in [4.69, 9.17) is 4.74 Å². The lowest BCUT2D eigenvalue weighted by Gasteiger charge is -2.20. The SMILES string of the molecule is CC(C)(C)c1ccc(OCC(=O)NCc2cccc3ccccc23)c(Br)c1. The Morgan fingerprint density at radius 1 is 1.04 bits per heavy atom. The van der Waals surface area contributed by atoms with E-state index in [2.05, 4.69) is 60.2 Å². The first-order valence-corrected chi connectivity index (χ1v) is 9.80. The van der Waals surface area contributed by atoms with E-state index in [1.54, 1.807) is 0 Å². The summed E-state index contributed by atoms with van der Waals surface area (Å²) < 4.78 is 6.54. The van der Waals surface area contributed by atoms with Crippen molar-refractivity contribution in [2.45, 2.75) is 32.7 Å². The molecule has 0 heterocycles. The first-order chi connectivity index (χ1) is 12.8. The molecule has 0 unspecified atom stereocenters. The van der Waals surface area contributed by atoms with Gasteiger partial charge < -0.3 is 10.1 Å². The Labute approximate surface area is 168 Å². The lowest BCUT2D eigenvalue weighted by Crippen LogP contribution is -2.28. The van der Waals surface area contributed by atoms with Crippen LogP contribution >= 0.6 is 15.9 Å². The Balaban J connectivity index is 1.59. The molecule has 3 aromatic carbocycles. The fraction of sp³-hybridized carbons (Fsp3) is 0.261. The molecule has 4 heteroatoms. The lowest BCUT2D eigenvalue weighted by atomic mass is 9.87. The third kappa shape index (κ3) is 4.89. The van der Waals surface area contributed by atoms with Crippen molar-refractivity contribution in [3.8, 4) is 5.75 Å². The molecule has 1 amide bonds.